The van der Waals surface area contributed by atoms with E-state index in [4.69, 9.17) is 10.5 Å². The molecule has 4 unspecified atom stereocenters. The molecular formula is C45H62N6O10. The molecule has 61 heavy (non-hydrogen) atoms. The van der Waals surface area contributed by atoms with Gasteiger partial charge in [-0.15, -0.1) is 0 Å². The number of benzene rings is 2. The molecule has 4 rings (SSSR count). The lowest BCUT2D eigenvalue weighted by Crippen LogP contribution is -2.58. The summed E-state index contributed by atoms with van der Waals surface area (Å²) in [6, 6.07) is 13.9. The van der Waals surface area contributed by atoms with Gasteiger partial charge in [-0.1, -0.05) is 113 Å². The van der Waals surface area contributed by atoms with E-state index in [0.717, 1.165) is 31.2 Å². The monoisotopic (exact) mass is 846 g/mol. The van der Waals surface area contributed by atoms with Crippen molar-refractivity contribution in [1.82, 2.24) is 26.2 Å². The fourth-order valence-corrected chi connectivity index (χ4v) is 8.10. The number of likely N-dealkylation sites (tertiary alicyclic amines) is 1. The second-order valence-electron chi connectivity index (χ2n) is 16.1. The number of hydrogen-bond acceptors (Lipinski definition) is 9. The van der Waals surface area contributed by atoms with Crippen molar-refractivity contribution in [3.05, 3.63) is 71.8 Å². The van der Waals surface area contributed by atoms with Gasteiger partial charge in [0.05, 0.1) is 31.7 Å². The molecule has 2 aliphatic rings. The molecule has 16 nitrogen and oxygen atoms in total. The minimum absolute atomic E-state index is 0.0149. The van der Waals surface area contributed by atoms with Gasteiger partial charge < -0.3 is 41.7 Å². The number of carboxylic acids is 1. The quantitative estimate of drug-likeness (QED) is 0.0844. The Morgan fingerprint density at radius 2 is 1.48 bits per heavy atom. The highest BCUT2D eigenvalue weighted by atomic mass is 16.5. The largest absolute Gasteiger partial charge is 0.481 e. The summed E-state index contributed by atoms with van der Waals surface area (Å²) < 4.78 is 6.24. The van der Waals surface area contributed by atoms with Crippen molar-refractivity contribution in [2.45, 2.75) is 140 Å². The summed E-state index contributed by atoms with van der Waals surface area (Å²) >= 11 is 0. The molecule has 1 aliphatic carbocycles. The molecule has 6 amide bonds. The van der Waals surface area contributed by atoms with Crippen LogP contribution in [-0.2, 0) is 49.7 Å². The van der Waals surface area contributed by atoms with Gasteiger partial charge in [0, 0.05) is 25.3 Å². The summed E-state index contributed by atoms with van der Waals surface area (Å²) in [6.07, 6.45) is 5.23. The predicted molar refractivity (Wildman–Crippen MR) is 225 cm³/mol. The highest BCUT2D eigenvalue weighted by molar-refractivity contribution is 6.38. The van der Waals surface area contributed by atoms with Crippen molar-refractivity contribution >= 4 is 47.2 Å². The molecule has 7 N–H and O–H groups in total. The first-order valence-electron chi connectivity index (χ1n) is 21.5. The second kappa shape index (κ2) is 24.6. The summed E-state index contributed by atoms with van der Waals surface area (Å²) in [6.45, 7) is 3.31. The third-order valence-electron chi connectivity index (χ3n) is 11.4. The summed E-state index contributed by atoms with van der Waals surface area (Å²) in [4.78, 5) is 107. The Kier molecular flexibility index (Phi) is 19.4. The molecule has 2 fully saturated rings. The van der Waals surface area contributed by atoms with E-state index in [0.29, 0.717) is 37.7 Å². The molecule has 0 radical (unpaired) electrons. The number of aliphatic carboxylic acids is 1. The molecule has 1 heterocycles. The van der Waals surface area contributed by atoms with E-state index in [1.54, 1.807) is 37.3 Å². The number of carbonyl (C=O) groups excluding carboxylic acids is 7. The first-order chi connectivity index (χ1) is 29.3. The number of ketones is 1. The lowest BCUT2D eigenvalue weighted by molar-refractivity contribution is -0.144. The van der Waals surface area contributed by atoms with E-state index in [1.165, 1.54) is 4.90 Å². The average Bonchev–Trinajstić information content (AvgIpc) is 3.70. The number of carbonyl (C=O) groups is 8. The van der Waals surface area contributed by atoms with E-state index in [1.807, 2.05) is 37.3 Å². The number of amides is 6. The molecule has 1 saturated carbocycles. The van der Waals surface area contributed by atoms with Crippen LogP contribution < -0.4 is 27.0 Å². The van der Waals surface area contributed by atoms with Crippen molar-refractivity contribution in [2.24, 2.45) is 11.7 Å². The van der Waals surface area contributed by atoms with Crippen LogP contribution in [0.25, 0.3) is 0 Å². The van der Waals surface area contributed by atoms with Crippen LogP contribution in [0.15, 0.2) is 60.7 Å². The first-order valence-corrected chi connectivity index (χ1v) is 21.5. The highest BCUT2D eigenvalue weighted by Crippen LogP contribution is 2.31. The maximum Gasteiger partial charge on any atom is 0.303 e. The average molecular weight is 847 g/mol. The van der Waals surface area contributed by atoms with Crippen LogP contribution in [0.4, 0.5) is 0 Å². The number of Topliss-reactive ketones (excluding diaryl/α,β-unsaturated/α-hetero) is 1. The highest BCUT2D eigenvalue weighted by Gasteiger charge is 2.45. The van der Waals surface area contributed by atoms with Crippen molar-refractivity contribution in [1.29, 1.82) is 0 Å². The Labute approximate surface area is 357 Å². The van der Waals surface area contributed by atoms with E-state index in [9.17, 15) is 43.5 Å². The van der Waals surface area contributed by atoms with Crippen molar-refractivity contribution in [2.75, 3.05) is 13.1 Å². The standard InChI is InChI=1S/C45H62N6O10/c1-3-5-22-35(42(46)57)48-38(53)26-47-44(59)41(56)34(15-4-2)49-43(58)36-25-33(61-28-29-16-9-6-10-17-29)27-51(36)45(60)40(31-20-13-8-14-21-31)50-37(52)23-32(24-39(54)55)30-18-11-7-12-19-30/h6-7,9-12,16-19,31-36,40H,3-5,8,13-15,20-28H2,1-2H3,(H2,46,57)(H,47,59)(H,48,53)(H,49,58)(H,50,52)(H,54,55)/t32?,33-,34?,35?,36+,40?/m1/s1. The molecule has 0 spiro atoms. The van der Waals surface area contributed by atoms with E-state index in [-0.39, 0.29) is 44.8 Å². The zero-order valence-electron chi connectivity index (χ0n) is 35.3. The fourth-order valence-electron chi connectivity index (χ4n) is 8.10. The van der Waals surface area contributed by atoms with Crippen LogP contribution in [0.2, 0.25) is 0 Å². The molecular weight excluding hydrogens is 785 g/mol. The Morgan fingerprint density at radius 1 is 0.803 bits per heavy atom. The number of rotatable bonds is 24. The number of ether oxygens (including phenoxy) is 1. The molecule has 0 aromatic heterocycles. The number of hydrogen-bond donors (Lipinski definition) is 6. The third kappa shape index (κ3) is 15.1. The van der Waals surface area contributed by atoms with E-state index < -0.39 is 89.9 Å². The van der Waals surface area contributed by atoms with E-state index >= 15 is 0 Å². The van der Waals surface area contributed by atoms with Crippen LogP contribution in [0, 0.1) is 5.92 Å². The number of unbranched alkanes of at least 4 members (excludes halogenated alkanes) is 1. The van der Waals surface area contributed by atoms with Crippen LogP contribution in [0.5, 0.6) is 0 Å². The molecule has 16 heteroatoms. The number of nitrogens with one attached hydrogen (secondary N) is 4. The number of carboxylic acid groups (broad SMARTS) is 1. The normalized spacial score (nSPS) is 18.5. The summed E-state index contributed by atoms with van der Waals surface area (Å²) in [5.74, 6) is -7.14. The fraction of sp³-hybridized carbons (Fsp3) is 0.556. The summed E-state index contributed by atoms with van der Waals surface area (Å²) in [5, 5.41) is 20.1. The van der Waals surface area contributed by atoms with Crippen molar-refractivity contribution in [3.63, 3.8) is 0 Å². The summed E-state index contributed by atoms with van der Waals surface area (Å²) in [5.41, 5.74) is 6.97. The molecule has 2 aromatic carbocycles. The van der Waals surface area contributed by atoms with Crippen LogP contribution >= 0.6 is 0 Å². The maximum atomic E-state index is 14.8. The van der Waals surface area contributed by atoms with Gasteiger partial charge in [-0.3, -0.25) is 38.4 Å². The minimum atomic E-state index is -1.29. The lowest BCUT2D eigenvalue weighted by atomic mass is 9.83. The molecule has 0 bridgehead atoms. The molecule has 1 aliphatic heterocycles. The number of nitrogens with two attached hydrogens (primary N) is 1. The lowest BCUT2D eigenvalue weighted by Gasteiger charge is -2.35. The number of primary amides is 1. The Balaban J connectivity index is 1.53. The van der Waals surface area contributed by atoms with Gasteiger partial charge in [0.2, 0.25) is 35.3 Å². The van der Waals surface area contributed by atoms with Crippen LogP contribution in [0.1, 0.15) is 114 Å². The van der Waals surface area contributed by atoms with Gasteiger partial charge >= 0.3 is 5.97 Å². The topological polar surface area (TPSA) is 243 Å². The first kappa shape index (κ1) is 48.0. The van der Waals surface area contributed by atoms with Crippen molar-refractivity contribution < 1.29 is 48.2 Å². The second-order valence-corrected chi connectivity index (χ2v) is 16.1. The van der Waals surface area contributed by atoms with Crippen LogP contribution in [-0.4, -0.2) is 101 Å². The van der Waals surface area contributed by atoms with Gasteiger partial charge in [0.25, 0.3) is 5.91 Å². The minimum Gasteiger partial charge on any atom is -0.481 e. The Hall–Kier alpha value is -5.64. The summed E-state index contributed by atoms with van der Waals surface area (Å²) in [7, 11) is 0. The van der Waals surface area contributed by atoms with Gasteiger partial charge in [0.1, 0.15) is 18.1 Å². The number of nitrogens with zero attached hydrogens (tertiary/aromatic N) is 1. The smallest absolute Gasteiger partial charge is 0.303 e. The van der Waals surface area contributed by atoms with Crippen molar-refractivity contribution in [3.8, 4) is 0 Å². The Bertz CT molecular complexity index is 1800. The van der Waals surface area contributed by atoms with Crippen LogP contribution in [0.3, 0.4) is 0 Å². The third-order valence-corrected chi connectivity index (χ3v) is 11.4. The van der Waals surface area contributed by atoms with Gasteiger partial charge in [-0.05, 0) is 42.7 Å². The van der Waals surface area contributed by atoms with Gasteiger partial charge in [0.15, 0.2) is 0 Å². The SMILES string of the molecule is CCCCC(NC(=O)CNC(=O)C(=O)C(CCC)NC(=O)[C@@H]1C[C@@H](OCc2ccccc2)CN1C(=O)C(NC(=O)CC(CC(=O)O)c1ccccc1)C1CCCCC1)C(N)=O. The van der Waals surface area contributed by atoms with Gasteiger partial charge in [-0.25, -0.2) is 0 Å². The molecule has 6 atom stereocenters. The van der Waals surface area contributed by atoms with E-state index in [2.05, 4.69) is 21.3 Å². The molecule has 332 valence electrons. The zero-order chi connectivity index (χ0) is 44.3. The molecule has 2 aromatic rings. The van der Waals surface area contributed by atoms with Gasteiger partial charge in [-0.2, -0.15) is 0 Å². The Morgan fingerprint density at radius 3 is 2.10 bits per heavy atom. The zero-order valence-corrected chi connectivity index (χ0v) is 35.3. The molecule has 1 saturated heterocycles. The maximum absolute atomic E-state index is 14.8. The predicted octanol–water partition coefficient (Wildman–Crippen LogP) is 3.02.